The van der Waals surface area contributed by atoms with E-state index in [1.807, 2.05) is 0 Å². The molecule has 0 radical (unpaired) electrons. The van der Waals surface area contributed by atoms with Crippen LogP contribution in [0.25, 0.3) is 0 Å². The molecule has 2 atom stereocenters. The number of rotatable bonds is 3. The second-order valence-electron chi connectivity index (χ2n) is 10.4. The first-order valence-corrected chi connectivity index (χ1v) is 11.7. The molecule has 0 bridgehead atoms. The summed E-state index contributed by atoms with van der Waals surface area (Å²) in [6.45, 7) is 9.50. The Hall–Kier alpha value is -3.56. The third-order valence-electron chi connectivity index (χ3n) is 6.14. The SMILES string of the molecule is Cc1cc(NC(=O)C(=O)N2C[C@@H](C)C(F)(F)C[C@@]2(C)c2ccccc2)cnc1NC(=O)OC(C)(C)C. The van der Waals surface area contributed by atoms with Gasteiger partial charge in [0, 0.05) is 18.9 Å². The van der Waals surface area contributed by atoms with Crippen molar-refractivity contribution in [3.63, 3.8) is 0 Å². The lowest BCUT2D eigenvalue weighted by Gasteiger charge is -2.50. The van der Waals surface area contributed by atoms with Crippen LogP contribution in [-0.4, -0.2) is 45.9 Å². The zero-order valence-corrected chi connectivity index (χ0v) is 21.3. The van der Waals surface area contributed by atoms with Gasteiger partial charge in [-0.25, -0.2) is 18.6 Å². The Balaban J connectivity index is 1.78. The van der Waals surface area contributed by atoms with Crippen LogP contribution >= 0.6 is 0 Å². The third kappa shape index (κ3) is 5.98. The normalized spacial score (nSPS) is 21.4. The summed E-state index contributed by atoms with van der Waals surface area (Å²) in [7, 11) is 0. The molecule has 1 saturated heterocycles. The Kier molecular flexibility index (Phi) is 7.38. The molecule has 2 N–H and O–H groups in total. The second-order valence-corrected chi connectivity index (χ2v) is 10.4. The first-order valence-electron chi connectivity index (χ1n) is 11.7. The summed E-state index contributed by atoms with van der Waals surface area (Å²) in [5, 5.41) is 5.03. The fourth-order valence-corrected chi connectivity index (χ4v) is 4.18. The molecule has 0 spiro atoms. The number of hydrogen-bond donors (Lipinski definition) is 2. The summed E-state index contributed by atoms with van der Waals surface area (Å²) in [6, 6.07) is 10.1. The molecule has 0 aliphatic carbocycles. The number of halogens is 2. The molecule has 3 amide bonds. The Labute approximate surface area is 209 Å². The molecule has 3 rings (SSSR count). The summed E-state index contributed by atoms with van der Waals surface area (Å²) in [6.07, 6.45) is 0.00530. The Morgan fingerprint density at radius 3 is 2.36 bits per heavy atom. The number of benzene rings is 1. The molecule has 1 aliphatic rings. The van der Waals surface area contributed by atoms with Crippen molar-refractivity contribution in [3.8, 4) is 0 Å². The van der Waals surface area contributed by atoms with Crippen molar-refractivity contribution < 1.29 is 27.9 Å². The topological polar surface area (TPSA) is 101 Å². The highest BCUT2D eigenvalue weighted by Gasteiger charge is 2.54. The van der Waals surface area contributed by atoms with Crippen molar-refractivity contribution in [1.29, 1.82) is 0 Å². The van der Waals surface area contributed by atoms with Gasteiger partial charge in [-0.05, 0) is 51.8 Å². The van der Waals surface area contributed by atoms with Gasteiger partial charge in [-0.2, -0.15) is 0 Å². The number of alkyl halides is 2. The van der Waals surface area contributed by atoms with Crippen molar-refractivity contribution in [2.24, 2.45) is 5.92 Å². The number of carbonyl (C=O) groups excluding carboxylic acids is 3. The number of pyridine rings is 1. The molecule has 36 heavy (non-hydrogen) atoms. The number of nitrogens with zero attached hydrogens (tertiary/aromatic N) is 2. The average Bonchev–Trinajstić information content (AvgIpc) is 2.76. The summed E-state index contributed by atoms with van der Waals surface area (Å²) >= 11 is 0. The molecule has 1 aromatic heterocycles. The van der Waals surface area contributed by atoms with Gasteiger partial charge >= 0.3 is 17.9 Å². The van der Waals surface area contributed by atoms with Crippen LogP contribution in [0.5, 0.6) is 0 Å². The third-order valence-corrected chi connectivity index (χ3v) is 6.14. The fraction of sp³-hybridized carbons (Fsp3) is 0.462. The number of piperidine rings is 1. The fourth-order valence-electron chi connectivity index (χ4n) is 4.18. The molecule has 194 valence electrons. The van der Waals surface area contributed by atoms with Crippen LogP contribution in [0.15, 0.2) is 42.6 Å². The summed E-state index contributed by atoms with van der Waals surface area (Å²) in [5.41, 5.74) is -0.797. The predicted octanol–water partition coefficient (Wildman–Crippen LogP) is 5.09. The first-order chi connectivity index (χ1) is 16.6. The van der Waals surface area contributed by atoms with E-state index in [4.69, 9.17) is 4.74 Å². The Morgan fingerprint density at radius 1 is 1.14 bits per heavy atom. The maximum Gasteiger partial charge on any atom is 0.413 e. The lowest BCUT2D eigenvalue weighted by molar-refractivity contribution is -0.172. The molecule has 0 unspecified atom stereocenters. The van der Waals surface area contributed by atoms with E-state index in [-0.39, 0.29) is 18.1 Å². The smallest absolute Gasteiger partial charge is 0.413 e. The highest BCUT2D eigenvalue weighted by Crippen LogP contribution is 2.46. The molecule has 0 saturated carbocycles. The summed E-state index contributed by atoms with van der Waals surface area (Å²) in [4.78, 5) is 43.5. The maximum atomic E-state index is 14.7. The van der Waals surface area contributed by atoms with Crippen LogP contribution in [0.4, 0.5) is 25.1 Å². The Bertz CT molecular complexity index is 1150. The number of aryl methyl sites for hydroxylation is 1. The molecule has 1 aliphatic heterocycles. The molecule has 1 aromatic carbocycles. The van der Waals surface area contributed by atoms with Gasteiger partial charge in [-0.3, -0.25) is 14.9 Å². The number of ether oxygens (including phenoxy) is 1. The summed E-state index contributed by atoms with van der Waals surface area (Å²) < 4.78 is 34.7. The van der Waals surface area contributed by atoms with Crippen LogP contribution in [0.3, 0.4) is 0 Å². The van der Waals surface area contributed by atoms with E-state index >= 15 is 0 Å². The summed E-state index contributed by atoms with van der Waals surface area (Å²) in [5.74, 6) is -5.78. The molecule has 8 nitrogen and oxygen atoms in total. The van der Waals surface area contributed by atoms with E-state index in [0.29, 0.717) is 11.1 Å². The van der Waals surface area contributed by atoms with Gasteiger partial charge in [0.05, 0.1) is 17.4 Å². The standard InChI is InChI=1S/C26H32F2N4O4/c1-16-12-19(13-29-20(16)31-23(35)36-24(3,4)5)30-21(33)22(34)32-14-17(2)26(27,28)15-25(32,6)18-10-8-7-9-11-18/h7-13,17H,14-15H2,1-6H3,(H,30,33)(H,29,31,35)/t17-,25+/m1/s1. The molecule has 2 heterocycles. The number of hydrogen-bond acceptors (Lipinski definition) is 5. The number of likely N-dealkylation sites (tertiary alicyclic amines) is 1. The van der Waals surface area contributed by atoms with E-state index in [9.17, 15) is 23.2 Å². The van der Waals surface area contributed by atoms with Gasteiger partial charge in [0.2, 0.25) is 0 Å². The van der Waals surface area contributed by atoms with Crippen molar-refractivity contribution in [2.75, 3.05) is 17.2 Å². The van der Waals surface area contributed by atoms with Gasteiger partial charge < -0.3 is 15.0 Å². The predicted molar refractivity (Wildman–Crippen MR) is 132 cm³/mol. The zero-order valence-electron chi connectivity index (χ0n) is 21.3. The number of amides is 3. The monoisotopic (exact) mass is 502 g/mol. The Morgan fingerprint density at radius 2 is 1.78 bits per heavy atom. The minimum atomic E-state index is -3.00. The van der Waals surface area contributed by atoms with Crippen molar-refractivity contribution >= 4 is 29.4 Å². The first kappa shape index (κ1) is 27.0. The van der Waals surface area contributed by atoms with Gasteiger partial charge in [0.15, 0.2) is 0 Å². The largest absolute Gasteiger partial charge is 0.444 e. The van der Waals surface area contributed by atoms with E-state index in [0.717, 1.165) is 0 Å². The van der Waals surface area contributed by atoms with Gasteiger partial charge in [0.1, 0.15) is 11.4 Å². The van der Waals surface area contributed by atoms with E-state index in [1.54, 1.807) is 65.0 Å². The van der Waals surface area contributed by atoms with Crippen molar-refractivity contribution in [2.45, 2.75) is 65.0 Å². The minimum Gasteiger partial charge on any atom is -0.444 e. The van der Waals surface area contributed by atoms with E-state index in [2.05, 4.69) is 15.6 Å². The number of anilines is 2. The van der Waals surface area contributed by atoms with Crippen molar-refractivity contribution in [3.05, 3.63) is 53.7 Å². The minimum absolute atomic E-state index is 0.220. The van der Waals surface area contributed by atoms with Crippen LogP contribution in [-0.2, 0) is 19.9 Å². The quantitative estimate of drug-likeness (QED) is 0.569. The highest BCUT2D eigenvalue weighted by molar-refractivity contribution is 6.39. The molecule has 1 fully saturated rings. The molecule has 2 aromatic rings. The maximum absolute atomic E-state index is 14.7. The lowest BCUT2D eigenvalue weighted by atomic mass is 9.76. The van der Waals surface area contributed by atoms with E-state index in [1.165, 1.54) is 24.1 Å². The molecule has 10 heteroatoms. The number of aromatic nitrogens is 1. The van der Waals surface area contributed by atoms with E-state index < -0.39 is 47.3 Å². The average molecular weight is 503 g/mol. The van der Waals surface area contributed by atoms with Crippen LogP contribution in [0.1, 0.15) is 52.2 Å². The van der Waals surface area contributed by atoms with Crippen LogP contribution in [0.2, 0.25) is 0 Å². The van der Waals surface area contributed by atoms with Gasteiger partial charge in [-0.1, -0.05) is 37.3 Å². The highest BCUT2D eigenvalue weighted by atomic mass is 19.3. The van der Waals surface area contributed by atoms with Crippen molar-refractivity contribution in [1.82, 2.24) is 9.88 Å². The van der Waals surface area contributed by atoms with Crippen LogP contribution < -0.4 is 10.6 Å². The van der Waals surface area contributed by atoms with Gasteiger partial charge in [0.25, 0.3) is 5.92 Å². The molecular formula is C26H32F2N4O4. The number of carbonyl (C=O) groups is 3. The van der Waals surface area contributed by atoms with Gasteiger partial charge in [-0.15, -0.1) is 0 Å². The lowest BCUT2D eigenvalue weighted by Crippen LogP contribution is -2.60. The molecular weight excluding hydrogens is 470 g/mol. The second kappa shape index (κ2) is 9.83. The van der Waals surface area contributed by atoms with Crippen LogP contribution in [0, 0.1) is 12.8 Å². The zero-order chi connectivity index (χ0) is 26.9. The number of nitrogens with one attached hydrogen (secondary N) is 2.